The molecule has 36 heavy (non-hydrogen) atoms. The fraction of sp³-hybridized carbons (Fsp3) is 0.536. The van der Waals surface area contributed by atoms with Crippen LogP contribution in [0.2, 0.25) is 5.02 Å². The summed E-state index contributed by atoms with van der Waals surface area (Å²) in [6.07, 6.45) is 7.57. The average molecular weight is 576 g/mol. The summed E-state index contributed by atoms with van der Waals surface area (Å²) in [5.74, 6) is 0.980. The van der Waals surface area contributed by atoms with E-state index in [1.165, 1.54) is 10.3 Å². The fourth-order valence-electron chi connectivity index (χ4n) is 6.48. The molecule has 2 aliphatic heterocycles. The minimum Gasteiger partial charge on any atom is -0.343 e. The van der Waals surface area contributed by atoms with Crippen molar-refractivity contribution in [2.24, 2.45) is 11.8 Å². The molecule has 192 valence electrons. The highest BCUT2D eigenvalue weighted by Crippen LogP contribution is 2.44. The summed E-state index contributed by atoms with van der Waals surface area (Å²) in [6.45, 7) is 4.58. The van der Waals surface area contributed by atoms with Gasteiger partial charge in [0.2, 0.25) is 23.7 Å². The number of nitrogens with zero attached hydrogens (tertiary/aromatic N) is 3. The van der Waals surface area contributed by atoms with Gasteiger partial charge in [-0.15, -0.1) is 0 Å². The maximum absolute atomic E-state index is 13.1. The van der Waals surface area contributed by atoms with Crippen molar-refractivity contribution in [3.8, 4) is 0 Å². The summed E-state index contributed by atoms with van der Waals surface area (Å²) < 4.78 is 2.14. The van der Waals surface area contributed by atoms with E-state index < -0.39 is 0 Å². The van der Waals surface area contributed by atoms with Gasteiger partial charge in [0.15, 0.2) is 0 Å². The van der Waals surface area contributed by atoms with Crippen LogP contribution < -0.4 is 4.73 Å². The Balaban J connectivity index is 1.32. The van der Waals surface area contributed by atoms with Gasteiger partial charge in [-0.2, -0.15) is 0 Å². The number of benzene rings is 1. The van der Waals surface area contributed by atoms with E-state index in [9.17, 15) is 14.8 Å². The van der Waals surface area contributed by atoms with E-state index in [0.717, 1.165) is 91.0 Å². The lowest BCUT2D eigenvalue weighted by Crippen LogP contribution is -2.44. The molecule has 0 saturated carbocycles. The number of aryl methyl sites for hydroxylation is 2. The van der Waals surface area contributed by atoms with E-state index >= 15 is 0 Å². The Labute approximate surface area is 226 Å². The van der Waals surface area contributed by atoms with Crippen LogP contribution >= 0.6 is 27.5 Å². The van der Waals surface area contributed by atoms with Gasteiger partial charge in [-0.3, -0.25) is 14.8 Å². The Bertz CT molecular complexity index is 1160. The van der Waals surface area contributed by atoms with E-state index in [4.69, 9.17) is 11.6 Å². The van der Waals surface area contributed by atoms with Crippen LogP contribution in [0.3, 0.4) is 0 Å². The Morgan fingerprint density at radius 2 is 1.72 bits per heavy atom. The first kappa shape index (κ1) is 25.5. The van der Waals surface area contributed by atoms with Crippen molar-refractivity contribution in [3.05, 3.63) is 62.3 Å². The highest BCUT2D eigenvalue weighted by molar-refractivity contribution is 9.10. The molecule has 0 radical (unpaired) electrons. The maximum Gasteiger partial charge on any atom is 0.245 e. The predicted octanol–water partition coefficient (Wildman–Crippen LogP) is 4.75. The van der Waals surface area contributed by atoms with Gasteiger partial charge < -0.3 is 9.80 Å². The highest BCUT2D eigenvalue weighted by Gasteiger charge is 2.41. The van der Waals surface area contributed by atoms with Crippen LogP contribution in [0.4, 0.5) is 0 Å². The molecule has 0 bridgehead atoms. The molecule has 1 atom stereocenters. The molecule has 3 heterocycles. The number of fused-ring (bicyclic) bond motifs is 2. The van der Waals surface area contributed by atoms with Crippen LogP contribution in [0.15, 0.2) is 34.9 Å². The lowest BCUT2D eigenvalue weighted by Gasteiger charge is -2.37. The van der Waals surface area contributed by atoms with Crippen LogP contribution in [-0.4, -0.2) is 53.0 Å². The second kappa shape index (κ2) is 10.7. The van der Waals surface area contributed by atoms with Crippen LogP contribution in [0.5, 0.6) is 0 Å². The number of hydrogen-bond donors (Lipinski definition) is 1. The fourth-order valence-corrected chi connectivity index (χ4v) is 7.26. The molecule has 3 aliphatic rings. The molecule has 1 aromatic heterocycles. The largest absolute Gasteiger partial charge is 0.343 e. The number of hydrogen-bond acceptors (Lipinski definition) is 3. The second-order valence-corrected chi connectivity index (χ2v) is 11.9. The average Bonchev–Trinajstić information content (AvgIpc) is 3.02. The van der Waals surface area contributed by atoms with Crippen molar-refractivity contribution in [2.45, 2.75) is 57.8 Å². The van der Waals surface area contributed by atoms with Crippen molar-refractivity contribution in [1.29, 1.82) is 0 Å². The van der Waals surface area contributed by atoms with Gasteiger partial charge >= 0.3 is 0 Å². The smallest absolute Gasteiger partial charge is 0.245 e. The molecule has 2 fully saturated rings. The standard InChI is InChI=1S/C28H34BrClN3O3/c1-18(34)31-11-7-19(8-12-31)15-25(35)32-13-9-21(10-14-32)27-26-20(3-2-4-24(26)30)5-6-22-16-23(29)17-33(36)28(22)27/h2-4,16-17,19,21,27,36H,5-15H2,1H3/q+1. The molecular formula is C28H34BrClN3O3+. The zero-order valence-corrected chi connectivity index (χ0v) is 23.1. The van der Waals surface area contributed by atoms with E-state index in [-0.39, 0.29) is 23.7 Å². The molecule has 0 spiro atoms. The summed E-state index contributed by atoms with van der Waals surface area (Å²) in [5.41, 5.74) is 4.44. The molecule has 2 aromatic rings. The second-order valence-electron chi connectivity index (χ2n) is 10.6. The minimum atomic E-state index is -0.0162. The molecule has 2 amide bonds. The molecule has 1 N–H and O–H groups in total. The van der Waals surface area contributed by atoms with Crippen molar-refractivity contribution in [3.63, 3.8) is 0 Å². The van der Waals surface area contributed by atoms with Gasteiger partial charge in [0.1, 0.15) is 0 Å². The number of aromatic nitrogens is 1. The number of amides is 2. The summed E-state index contributed by atoms with van der Waals surface area (Å²) in [5, 5.41) is 11.8. The van der Waals surface area contributed by atoms with Crippen LogP contribution in [-0.2, 0) is 22.4 Å². The first-order chi connectivity index (χ1) is 17.3. The number of carbonyl (C=O) groups excluding carboxylic acids is 2. The third kappa shape index (κ3) is 5.14. The number of rotatable bonds is 3. The Kier molecular flexibility index (Phi) is 7.59. The summed E-state index contributed by atoms with van der Waals surface area (Å²) in [4.78, 5) is 28.6. The van der Waals surface area contributed by atoms with Gasteiger partial charge in [0.05, 0.1) is 10.4 Å². The summed E-state index contributed by atoms with van der Waals surface area (Å²) in [6, 6.07) is 8.24. The summed E-state index contributed by atoms with van der Waals surface area (Å²) >= 11 is 10.3. The van der Waals surface area contributed by atoms with Crippen molar-refractivity contribution >= 4 is 39.3 Å². The molecule has 1 aliphatic carbocycles. The predicted molar refractivity (Wildman–Crippen MR) is 141 cm³/mol. The van der Waals surface area contributed by atoms with E-state index in [1.807, 2.05) is 21.9 Å². The number of piperidine rings is 2. The Morgan fingerprint density at radius 3 is 2.42 bits per heavy atom. The van der Waals surface area contributed by atoms with Crippen molar-refractivity contribution in [2.75, 3.05) is 26.2 Å². The van der Waals surface area contributed by atoms with E-state index in [0.29, 0.717) is 12.3 Å². The summed E-state index contributed by atoms with van der Waals surface area (Å²) in [7, 11) is 0. The van der Waals surface area contributed by atoms with Gasteiger partial charge in [0, 0.05) is 54.8 Å². The lowest BCUT2D eigenvalue weighted by molar-refractivity contribution is -0.910. The topological polar surface area (TPSA) is 64.7 Å². The van der Waals surface area contributed by atoms with E-state index in [1.54, 1.807) is 13.1 Å². The normalized spacial score (nSPS) is 21.0. The third-order valence-electron chi connectivity index (χ3n) is 8.43. The molecule has 1 aromatic carbocycles. The molecular weight excluding hydrogens is 542 g/mol. The zero-order valence-electron chi connectivity index (χ0n) is 20.8. The maximum atomic E-state index is 13.1. The molecule has 1 unspecified atom stereocenters. The van der Waals surface area contributed by atoms with E-state index in [2.05, 4.69) is 28.1 Å². The number of carbonyl (C=O) groups is 2. The van der Waals surface area contributed by atoms with Crippen molar-refractivity contribution in [1.82, 2.24) is 9.80 Å². The molecule has 5 rings (SSSR count). The first-order valence-corrected chi connectivity index (χ1v) is 14.2. The Morgan fingerprint density at radius 1 is 1.06 bits per heavy atom. The van der Waals surface area contributed by atoms with Crippen molar-refractivity contribution < 1.29 is 19.5 Å². The third-order valence-corrected chi connectivity index (χ3v) is 9.20. The number of pyridine rings is 1. The minimum absolute atomic E-state index is 0.0162. The van der Waals surface area contributed by atoms with Gasteiger partial charge in [-0.25, -0.2) is 0 Å². The number of halogens is 2. The van der Waals surface area contributed by atoms with Crippen LogP contribution in [0, 0.1) is 11.8 Å². The molecule has 6 nitrogen and oxygen atoms in total. The Hall–Kier alpha value is -2.12. The molecule has 8 heteroatoms. The van der Waals surface area contributed by atoms with Gasteiger partial charge in [0.25, 0.3) is 0 Å². The number of likely N-dealkylation sites (tertiary alicyclic amines) is 2. The first-order valence-electron chi connectivity index (χ1n) is 13.1. The highest BCUT2D eigenvalue weighted by atomic mass is 79.9. The lowest BCUT2D eigenvalue weighted by atomic mass is 9.76. The van der Waals surface area contributed by atoms with Gasteiger partial charge in [-0.1, -0.05) is 23.7 Å². The van der Waals surface area contributed by atoms with Gasteiger partial charge in [-0.05, 0) is 89.6 Å². The monoisotopic (exact) mass is 574 g/mol. The molecule has 2 saturated heterocycles. The quantitative estimate of drug-likeness (QED) is 0.425. The SMILES string of the molecule is CC(=O)N1CCC(CC(=O)N2CCC(C3c4c(Cl)cccc4CCc4cc(Br)c[n+](O)c43)CC2)CC1. The van der Waals surface area contributed by atoms with Crippen LogP contribution in [0.1, 0.15) is 67.3 Å². The van der Waals surface area contributed by atoms with Crippen LogP contribution in [0.25, 0.3) is 0 Å². The zero-order chi connectivity index (χ0) is 25.4.